The molecule has 0 radical (unpaired) electrons. The third-order valence-electron chi connectivity index (χ3n) is 2.69. The lowest BCUT2D eigenvalue weighted by Gasteiger charge is -2.10. The van der Waals surface area contributed by atoms with Crippen molar-refractivity contribution in [2.75, 3.05) is 7.11 Å². The van der Waals surface area contributed by atoms with E-state index in [1.54, 1.807) is 17.9 Å². The summed E-state index contributed by atoms with van der Waals surface area (Å²) in [5, 5.41) is 4.69. The van der Waals surface area contributed by atoms with Gasteiger partial charge >= 0.3 is 0 Å². The summed E-state index contributed by atoms with van der Waals surface area (Å²) in [5.41, 5.74) is 2.59. The molecular weight excluding hydrogens is 252 g/mol. The molecule has 2 aromatic heterocycles. The van der Waals surface area contributed by atoms with E-state index in [1.807, 2.05) is 27.0 Å². The van der Waals surface area contributed by atoms with Crippen molar-refractivity contribution in [2.24, 2.45) is 7.05 Å². The maximum atomic E-state index is 6.02. The highest BCUT2D eigenvalue weighted by atomic mass is 35.5. The van der Waals surface area contributed by atoms with Gasteiger partial charge in [-0.1, -0.05) is 11.6 Å². The van der Waals surface area contributed by atoms with Gasteiger partial charge in [0.1, 0.15) is 11.3 Å². The van der Waals surface area contributed by atoms with Gasteiger partial charge < -0.3 is 4.74 Å². The zero-order valence-corrected chi connectivity index (χ0v) is 11.6. The molecule has 2 rings (SSSR count). The van der Waals surface area contributed by atoms with Crippen LogP contribution in [0, 0.1) is 6.92 Å². The lowest BCUT2D eigenvalue weighted by molar-refractivity contribution is 0.112. The van der Waals surface area contributed by atoms with Crippen LogP contribution >= 0.6 is 11.6 Å². The predicted octanol–water partition coefficient (Wildman–Crippen LogP) is 2.55. The number of ether oxygens (including phenoxy) is 1. The van der Waals surface area contributed by atoms with Crippen molar-refractivity contribution < 1.29 is 4.74 Å². The van der Waals surface area contributed by atoms with Gasteiger partial charge in [0.15, 0.2) is 5.82 Å². The first-order valence-electron chi connectivity index (χ1n) is 5.59. The normalized spacial score (nSPS) is 12.7. The Morgan fingerprint density at radius 1 is 1.33 bits per heavy atom. The zero-order chi connectivity index (χ0) is 13.3. The quantitative estimate of drug-likeness (QED) is 0.801. The third-order valence-corrected chi connectivity index (χ3v) is 2.89. The summed E-state index contributed by atoms with van der Waals surface area (Å²) >= 11 is 6.02. The summed E-state index contributed by atoms with van der Waals surface area (Å²) in [6.45, 7) is 3.81. The van der Waals surface area contributed by atoms with Crippen molar-refractivity contribution in [3.05, 3.63) is 28.8 Å². The molecule has 0 aliphatic heterocycles. The van der Waals surface area contributed by atoms with Crippen molar-refractivity contribution >= 4 is 11.6 Å². The molecule has 0 N–H and O–H groups in total. The summed E-state index contributed by atoms with van der Waals surface area (Å²) in [5.74, 6) is 0.568. The summed E-state index contributed by atoms with van der Waals surface area (Å²) in [7, 11) is 3.49. The number of hydrogen-bond donors (Lipinski definition) is 0. The molecule has 0 unspecified atom stereocenters. The van der Waals surface area contributed by atoms with Crippen molar-refractivity contribution in [1.82, 2.24) is 19.7 Å². The fourth-order valence-electron chi connectivity index (χ4n) is 1.70. The molecule has 2 heterocycles. The summed E-state index contributed by atoms with van der Waals surface area (Å²) in [6, 6.07) is 3.68. The van der Waals surface area contributed by atoms with E-state index in [9.17, 15) is 0 Å². The minimum absolute atomic E-state index is 0.197. The Morgan fingerprint density at radius 3 is 2.61 bits per heavy atom. The molecule has 0 saturated carbocycles. The Balaban J connectivity index is 2.51. The van der Waals surface area contributed by atoms with E-state index in [-0.39, 0.29) is 6.10 Å². The fourth-order valence-corrected chi connectivity index (χ4v) is 1.89. The van der Waals surface area contributed by atoms with Crippen molar-refractivity contribution in [2.45, 2.75) is 20.0 Å². The van der Waals surface area contributed by atoms with Crippen LogP contribution < -0.4 is 0 Å². The van der Waals surface area contributed by atoms with Gasteiger partial charge in [0.25, 0.3) is 0 Å². The Hall–Kier alpha value is -1.46. The van der Waals surface area contributed by atoms with Gasteiger partial charge in [-0.15, -0.1) is 0 Å². The monoisotopic (exact) mass is 266 g/mol. The van der Waals surface area contributed by atoms with Gasteiger partial charge in [0, 0.05) is 20.2 Å². The molecule has 6 heteroatoms. The molecule has 0 aliphatic carbocycles. The van der Waals surface area contributed by atoms with Gasteiger partial charge in [-0.05, 0) is 19.9 Å². The van der Waals surface area contributed by atoms with Crippen molar-refractivity contribution in [1.29, 1.82) is 0 Å². The number of halogens is 1. The average Bonchev–Trinajstić information content (AvgIpc) is 2.66. The predicted molar refractivity (Wildman–Crippen MR) is 69.4 cm³/mol. The highest BCUT2D eigenvalue weighted by Crippen LogP contribution is 2.23. The average molecular weight is 267 g/mol. The minimum Gasteiger partial charge on any atom is -0.374 e. The standard InChI is InChI=1S/C12H15ClN4O/c1-7-5-10(17(3)16-7)9-6-11(13)15-12(14-9)8(2)18-4/h5-6,8H,1-4H3/t8-/m1/s1. The molecule has 96 valence electrons. The molecule has 0 amide bonds. The molecule has 0 spiro atoms. The Labute approximate surface area is 111 Å². The van der Waals surface area contributed by atoms with E-state index in [2.05, 4.69) is 15.1 Å². The maximum Gasteiger partial charge on any atom is 0.159 e. The van der Waals surface area contributed by atoms with Crippen LogP contribution in [0.4, 0.5) is 0 Å². The van der Waals surface area contributed by atoms with Crippen LogP contribution in [-0.2, 0) is 11.8 Å². The van der Waals surface area contributed by atoms with Gasteiger partial charge in [-0.2, -0.15) is 5.10 Å². The Bertz CT molecular complexity index is 567. The van der Waals surface area contributed by atoms with Crippen LogP contribution in [0.15, 0.2) is 12.1 Å². The molecule has 0 saturated heterocycles. The van der Waals surface area contributed by atoms with Crippen LogP contribution in [0.3, 0.4) is 0 Å². The smallest absolute Gasteiger partial charge is 0.159 e. The van der Waals surface area contributed by atoms with Crippen molar-refractivity contribution in [3.8, 4) is 11.4 Å². The van der Waals surface area contributed by atoms with Crippen molar-refractivity contribution in [3.63, 3.8) is 0 Å². The van der Waals surface area contributed by atoms with E-state index in [0.717, 1.165) is 17.1 Å². The largest absolute Gasteiger partial charge is 0.374 e. The fraction of sp³-hybridized carbons (Fsp3) is 0.417. The molecule has 2 aromatic rings. The number of methoxy groups -OCH3 is 1. The SMILES string of the molecule is CO[C@H](C)c1nc(Cl)cc(-c2cc(C)nn2C)n1. The topological polar surface area (TPSA) is 52.8 Å². The van der Waals surface area contributed by atoms with Crippen LogP contribution in [-0.4, -0.2) is 26.9 Å². The van der Waals surface area contributed by atoms with Gasteiger partial charge in [0.2, 0.25) is 0 Å². The third kappa shape index (κ3) is 2.52. The number of aryl methyl sites for hydroxylation is 2. The zero-order valence-electron chi connectivity index (χ0n) is 10.8. The molecule has 0 bridgehead atoms. The molecular formula is C12H15ClN4O. The first-order valence-corrected chi connectivity index (χ1v) is 5.97. The highest BCUT2D eigenvalue weighted by Gasteiger charge is 2.13. The lowest BCUT2D eigenvalue weighted by Crippen LogP contribution is -2.05. The number of nitrogens with zero attached hydrogens (tertiary/aromatic N) is 4. The summed E-state index contributed by atoms with van der Waals surface area (Å²) < 4.78 is 6.98. The molecule has 0 fully saturated rings. The van der Waals surface area contributed by atoms with Crippen LogP contribution in [0.1, 0.15) is 24.5 Å². The first-order chi connectivity index (χ1) is 8.51. The van der Waals surface area contributed by atoms with E-state index in [1.165, 1.54) is 0 Å². The molecule has 1 atom stereocenters. The minimum atomic E-state index is -0.197. The molecule has 5 nitrogen and oxygen atoms in total. The summed E-state index contributed by atoms with van der Waals surface area (Å²) in [4.78, 5) is 8.63. The number of hydrogen-bond acceptors (Lipinski definition) is 4. The second-order valence-electron chi connectivity index (χ2n) is 4.11. The summed E-state index contributed by atoms with van der Waals surface area (Å²) in [6.07, 6.45) is -0.197. The lowest BCUT2D eigenvalue weighted by atomic mass is 10.2. The first kappa shape index (κ1) is 13.0. The van der Waals surface area contributed by atoms with E-state index in [0.29, 0.717) is 11.0 Å². The van der Waals surface area contributed by atoms with E-state index in [4.69, 9.17) is 16.3 Å². The second kappa shape index (κ2) is 5.04. The van der Waals surface area contributed by atoms with Crippen LogP contribution in [0.2, 0.25) is 5.15 Å². The van der Waals surface area contributed by atoms with E-state index >= 15 is 0 Å². The Kier molecular flexibility index (Phi) is 3.63. The number of rotatable bonds is 3. The molecule has 0 aliphatic rings. The molecule has 18 heavy (non-hydrogen) atoms. The van der Waals surface area contributed by atoms with Gasteiger partial charge in [-0.25, -0.2) is 9.97 Å². The van der Waals surface area contributed by atoms with Crippen LogP contribution in [0.25, 0.3) is 11.4 Å². The second-order valence-corrected chi connectivity index (χ2v) is 4.49. The maximum absolute atomic E-state index is 6.02. The molecule has 0 aromatic carbocycles. The van der Waals surface area contributed by atoms with Crippen LogP contribution in [0.5, 0.6) is 0 Å². The van der Waals surface area contributed by atoms with Gasteiger partial charge in [-0.3, -0.25) is 4.68 Å². The van der Waals surface area contributed by atoms with E-state index < -0.39 is 0 Å². The highest BCUT2D eigenvalue weighted by molar-refractivity contribution is 6.29. The van der Waals surface area contributed by atoms with Gasteiger partial charge in [0.05, 0.1) is 17.1 Å². The Morgan fingerprint density at radius 2 is 2.06 bits per heavy atom. The number of aromatic nitrogens is 4.